The SMILES string of the molecule is Cc1cc(NC(=O)c2c3c(cn2C)S(=O)(=O)NC2CN(C(=O)OC(C)(C)C)CC2CO3)ccc1F.Cc1cc(NC(=O)c2c3c(cn2C)S(=O)(=O)NC2CNCC2CO3)ccc1F.Cc1nnc(C(=O)N2CC3COc4c(cn(C)c4C(=O)Nc4ccc(F)c(C)c4)S(=O)(=O)NC3C2)o1. The lowest BCUT2D eigenvalue weighted by molar-refractivity contribution is 0.0282. The highest BCUT2D eigenvalue weighted by Gasteiger charge is 2.46. The molecule has 99 heavy (non-hydrogen) atoms. The number of rotatable bonds is 7. The molecular weight excluding hydrogens is 1360 g/mol. The van der Waals surface area contributed by atoms with Crippen molar-refractivity contribution in [2.45, 2.75) is 86.9 Å². The van der Waals surface area contributed by atoms with Crippen LogP contribution in [0.2, 0.25) is 0 Å². The van der Waals surface area contributed by atoms with E-state index in [-0.39, 0.29) is 130 Å². The van der Waals surface area contributed by atoms with Crippen molar-refractivity contribution in [3.63, 3.8) is 0 Å². The minimum Gasteiger partial charge on any atom is -0.489 e. The Morgan fingerprint density at radius 2 is 0.899 bits per heavy atom. The standard InChI is InChI=1S/C23H29FN4O6S.C22H23FN6O6S.C18H21FN4O4S/c1-13-8-15(6-7-16(13)24)25-21(29)19-20-18(11-27(19)5)35(31,32)26-17-10-28(9-14(17)12-33-20)22(30)34-23(2,3)4;1-11-6-14(4-5-15(11)23)24-20(30)18-19-17(9-28(18)3)36(32,33)27-16-8-29(7-13(16)10-34-19)22(31)21-26-25-12(2)35-21;1-10-5-12(3-4-13(10)19)21-18(24)16-17-15(8-23(16)2)28(25,26)22-14-7-20-6-11(14)9-27-17/h6-8,11,14,17,26H,9-10,12H2,1-5H3,(H,25,29);4-6,9,13,16,27H,7-8,10H2,1-3H3,(H,24,30);3-5,8,11,14,20,22H,6-7,9H2,1-2H3,(H,21,24). The van der Waals surface area contributed by atoms with Crippen LogP contribution in [0, 0.1) is 62.9 Å². The fraction of sp³-hybridized carbons (Fsp3) is 0.413. The Kier molecular flexibility index (Phi) is 19.7. The number of aromatic nitrogens is 5. The number of sulfonamides is 3. The minimum absolute atomic E-state index is 0.00722. The van der Waals surface area contributed by atoms with Gasteiger partial charge in [0.1, 0.15) is 37.7 Å². The zero-order valence-corrected chi connectivity index (χ0v) is 57.7. The van der Waals surface area contributed by atoms with Crippen molar-refractivity contribution in [3.05, 3.63) is 136 Å². The third kappa shape index (κ3) is 15.2. The van der Waals surface area contributed by atoms with Crippen molar-refractivity contribution in [1.82, 2.24) is 53.2 Å². The molecule has 530 valence electrons. The Labute approximate surface area is 567 Å². The van der Waals surface area contributed by atoms with Gasteiger partial charge in [-0.2, -0.15) is 0 Å². The van der Waals surface area contributed by atoms with E-state index in [1.165, 1.54) is 104 Å². The van der Waals surface area contributed by atoms with Gasteiger partial charge in [-0.25, -0.2) is 57.4 Å². The van der Waals surface area contributed by atoms with E-state index in [1.807, 2.05) is 0 Å². The number of fused-ring (bicyclic) bond motifs is 6. The van der Waals surface area contributed by atoms with Gasteiger partial charge in [0.15, 0.2) is 34.3 Å². The first-order valence-corrected chi connectivity index (χ1v) is 35.5. The van der Waals surface area contributed by atoms with Crippen molar-refractivity contribution in [2.75, 3.05) is 75.0 Å². The molecule has 4 aromatic heterocycles. The average molecular weight is 1440 g/mol. The predicted octanol–water partition coefficient (Wildman–Crippen LogP) is 4.84. The second-order valence-corrected chi connectivity index (χ2v) is 30.9. The third-order valence-electron chi connectivity index (χ3n) is 17.2. The largest absolute Gasteiger partial charge is 0.489 e. The molecular formula is C63H73F3N14O16S3. The van der Waals surface area contributed by atoms with Crippen LogP contribution in [0.15, 0.2) is 92.3 Å². The lowest BCUT2D eigenvalue weighted by atomic mass is 10.1. The number of benzene rings is 3. The summed E-state index contributed by atoms with van der Waals surface area (Å²) in [6.45, 7) is 13.8. The van der Waals surface area contributed by atoms with E-state index in [4.69, 9.17) is 23.4 Å². The molecule has 13 rings (SSSR count). The van der Waals surface area contributed by atoms with E-state index >= 15 is 0 Å². The van der Waals surface area contributed by atoms with Gasteiger partial charge in [0.2, 0.25) is 36.0 Å². The number of carbonyl (C=O) groups is 5. The number of amides is 5. The van der Waals surface area contributed by atoms with Crippen LogP contribution in [0.4, 0.5) is 35.0 Å². The van der Waals surface area contributed by atoms with Gasteiger partial charge in [0, 0.05) is 139 Å². The fourth-order valence-corrected chi connectivity index (χ4v) is 16.6. The molecule has 5 amide bonds. The van der Waals surface area contributed by atoms with Crippen molar-refractivity contribution in [1.29, 1.82) is 0 Å². The first kappa shape index (κ1) is 71.0. The Morgan fingerprint density at radius 3 is 1.27 bits per heavy atom. The highest BCUT2D eigenvalue weighted by Crippen LogP contribution is 2.39. The molecule has 0 radical (unpaired) electrons. The van der Waals surface area contributed by atoms with E-state index in [0.29, 0.717) is 46.8 Å². The lowest BCUT2D eigenvalue weighted by Crippen LogP contribution is -2.44. The van der Waals surface area contributed by atoms with Crippen LogP contribution in [-0.2, 0) is 55.9 Å². The molecule has 0 aliphatic carbocycles. The quantitative estimate of drug-likeness (QED) is 0.112. The first-order chi connectivity index (χ1) is 46.5. The smallest absolute Gasteiger partial charge is 0.410 e. The molecule has 6 aliphatic heterocycles. The van der Waals surface area contributed by atoms with Crippen LogP contribution < -0.4 is 49.6 Å². The molecule has 3 fully saturated rings. The molecule has 3 saturated heterocycles. The summed E-state index contributed by atoms with van der Waals surface area (Å²) in [5.41, 5.74) is 1.62. The van der Waals surface area contributed by atoms with Gasteiger partial charge in [-0.05, 0) is 113 Å². The van der Waals surface area contributed by atoms with Crippen LogP contribution in [0.1, 0.15) is 85.5 Å². The van der Waals surface area contributed by atoms with Crippen LogP contribution in [0.25, 0.3) is 0 Å². The summed E-state index contributed by atoms with van der Waals surface area (Å²) in [6, 6.07) is 11.0. The number of nitrogens with one attached hydrogen (secondary N) is 7. The van der Waals surface area contributed by atoms with Crippen molar-refractivity contribution < 1.29 is 85.8 Å². The summed E-state index contributed by atoms with van der Waals surface area (Å²) in [6.07, 6.45) is 3.44. The van der Waals surface area contributed by atoms with Gasteiger partial charge in [-0.1, -0.05) is 0 Å². The first-order valence-electron chi connectivity index (χ1n) is 31.1. The van der Waals surface area contributed by atoms with Gasteiger partial charge in [0.25, 0.3) is 17.7 Å². The summed E-state index contributed by atoms with van der Waals surface area (Å²) < 4.78 is 160. The summed E-state index contributed by atoms with van der Waals surface area (Å²) in [4.78, 5) is 66.8. The second-order valence-electron chi connectivity index (χ2n) is 25.9. The number of halogens is 3. The number of nitrogens with zero attached hydrogens (tertiary/aromatic N) is 7. The molecule has 6 aliphatic rings. The molecule has 10 heterocycles. The zero-order valence-electron chi connectivity index (χ0n) is 55.3. The molecule has 36 heteroatoms. The third-order valence-corrected chi connectivity index (χ3v) is 21.6. The Bertz CT molecular complexity index is 4740. The molecule has 6 atom stereocenters. The molecule has 3 aromatic carbocycles. The van der Waals surface area contributed by atoms with Crippen molar-refractivity contribution >= 4 is 76.9 Å². The van der Waals surface area contributed by atoms with Gasteiger partial charge in [-0.15, -0.1) is 10.2 Å². The zero-order chi connectivity index (χ0) is 71.5. The Hall–Kier alpha value is -9.33. The maximum absolute atomic E-state index is 13.6. The normalized spacial score (nSPS) is 21.5. The number of likely N-dealkylation sites (tertiary alicyclic amines) is 2. The van der Waals surface area contributed by atoms with E-state index in [0.717, 1.165) is 0 Å². The molecule has 7 aromatic rings. The number of carbonyl (C=O) groups excluding carboxylic acids is 5. The summed E-state index contributed by atoms with van der Waals surface area (Å²) in [5, 5.41) is 18.5. The Morgan fingerprint density at radius 1 is 0.525 bits per heavy atom. The van der Waals surface area contributed by atoms with Crippen LogP contribution in [-0.4, -0.2) is 171 Å². The molecule has 0 bridgehead atoms. The van der Waals surface area contributed by atoms with Crippen molar-refractivity contribution in [3.8, 4) is 17.2 Å². The molecule has 0 spiro atoms. The molecule has 30 nitrogen and oxygen atoms in total. The van der Waals surface area contributed by atoms with Gasteiger partial charge in [-0.3, -0.25) is 19.2 Å². The number of hydrogen-bond acceptors (Lipinski definition) is 19. The topological polar surface area (TPSA) is 369 Å². The summed E-state index contributed by atoms with van der Waals surface area (Å²) in [7, 11) is -7.36. The molecule has 0 saturated carbocycles. The highest BCUT2D eigenvalue weighted by molar-refractivity contribution is 7.90. The van der Waals surface area contributed by atoms with Crippen LogP contribution >= 0.6 is 0 Å². The van der Waals surface area contributed by atoms with E-state index in [9.17, 15) is 62.4 Å². The Balaban J connectivity index is 0.000000151. The summed E-state index contributed by atoms with van der Waals surface area (Å²) >= 11 is 0. The highest BCUT2D eigenvalue weighted by atomic mass is 32.2. The lowest BCUT2D eigenvalue weighted by Gasteiger charge is -2.24. The molecule has 7 N–H and O–H groups in total. The second kappa shape index (κ2) is 27.4. The molecule has 6 unspecified atom stereocenters. The van der Waals surface area contributed by atoms with Crippen molar-refractivity contribution in [2.24, 2.45) is 38.9 Å². The van der Waals surface area contributed by atoms with Crippen LogP contribution in [0.3, 0.4) is 0 Å². The number of aryl methyl sites for hydroxylation is 7. The van der Waals surface area contributed by atoms with Gasteiger partial charge >= 0.3 is 17.9 Å². The number of anilines is 3. The maximum atomic E-state index is 13.6. The monoisotopic (exact) mass is 1430 g/mol. The van der Waals surface area contributed by atoms with Gasteiger partial charge in [0.05, 0.1) is 19.8 Å². The number of ether oxygens (including phenoxy) is 4. The predicted molar refractivity (Wildman–Crippen MR) is 348 cm³/mol. The van der Waals surface area contributed by atoms with E-state index in [2.05, 4.69) is 45.6 Å². The maximum Gasteiger partial charge on any atom is 0.410 e. The van der Waals surface area contributed by atoms with E-state index < -0.39 is 95.0 Å². The van der Waals surface area contributed by atoms with Gasteiger partial charge < -0.3 is 68.1 Å². The van der Waals surface area contributed by atoms with E-state index in [1.54, 1.807) is 62.6 Å². The average Bonchev–Trinajstić information content (AvgIpc) is 1.63. The van der Waals surface area contributed by atoms with Crippen LogP contribution in [0.5, 0.6) is 17.2 Å². The fourth-order valence-electron chi connectivity index (χ4n) is 12.2. The summed E-state index contributed by atoms with van der Waals surface area (Å²) in [5.74, 6) is -4.31. The number of hydrogen-bond donors (Lipinski definition) is 7. The minimum atomic E-state index is -4.10.